The fourth-order valence-corrected chi connectivity index (χ4v) is 3.33. The first-order valence-electron chi connectivity index (χ1n) is 7.33. The molecule has 0 aromatic heterocycles. The SMILES string of the molecule is O=C(N1CCC(O)C1)C1(c2ccccc2)CCOCC1. The standard InChI is InChI=1S/C16H21NO3/c18-14-6-9-17(12-14)15(19)16(7-10-20-11-8-16)13-4-2-1-3-5-13/h1-5,14,18H,6-12H2. The maximum absolute atomic E-state index is 13.0. The van der Waals surface area contributed by atoms with Gasteiger partial charge in [0.15, 0.2) is 0 Å². The molecule has 20 heavy (non-hydrogen) atoms. The molecule has 0 spiro atoms. The Balaban J connectivity index is 1.91. The van der Waals surface area contributed by atoms with Crippen LogP contribution in [0.3, 0.4) is 0 Å². The Labute approximate surface area is 119 Å². The average molecular weight is 275 g/mol. The van der Waals surface area contributed by atoms with Crippen molar-refractivity contribution in [2.24, 2.45) is 0 Å². The van der Waals surface area contributed by atoms with Gasteiger partial charge < -0.3 is 14.7 Å². The molecule has 2 fully saturated rings. The van der Waals surface area contributed by atoms with E-state index < -0.39 is 5.41 Å². The predicted molar refractivity (Wildman–Crippen MR) is 75.4 cm³/mol. The molecule has 0 bridgehead atoms. The number of benzene rings is 1. The molecule has 0 saturated carbocycles. The summed E-state index contributed by atoms with van der Waals surface area (Å²) >= 11 is 0. The van der Waals surface area contributed by atoms with Crippen molar-refractivity contribution in [3.05, 3.63) is 35.9 Å². The second-order valence-corrected chi connectivity index (χ2v) is 5.75. The lowest BCUT2D eigenvalue weighted by Crippen LogP contribution is -2.49. The molecule has 108 valence electrons. The van der Waals surface area contributed by atoms with E-state index in [0.717, 1.165) is 18.4 Å². The minimum Gasteiger partial charge on any atom is -0.391 e. The molecule has 1 N–H and O–H groups in total. The van der Waals surface area contributed by atoms with E-state index in [4.69, 9.17) is 4.74 Å². The van der Waals surface area contributed by atoms with E-state index in [2.05, 4.69) is 0 Å². The average Bonchev–Trinajstić information content (AvgIpc) is 2.94. The van der Waals surface area contributed by atoms with E-state index in [-0.39, 0.29) is 12.0 Å². The minimum absolute atomic E-state index is 0.156. The zero-order valence-corrected chi connectivity index (χ0v) is 11.6. The summed E-state index contributed by atoms with van der Waals surface area (Å²) in [6.45, 7) is 2.37. The van der Waals surface area contributed by atoms with Crippen molar-refractivity contribution in [3.8, 4) is 0 Å². The molecule has 1 unspecified atom stereocenters. The van der Waals surface area contributed by atoms with Crippen LogP contribution in [0.2, 0.25) is 0 Å². The molecule has 1 amide bonds. The molecule has 1 aromatic rings. The Kier molecular flexibility index (Phi) is 3.76. The van der Waals surface area contributed by atoms with Crippen LogP contribution in [0.4, 0.5) is 0 Å². The number of ether oxygens (including phenoxy) is 1. The van der Waals surface area contributed by atoms with Crippen molar-refractivity contribution in [2.45, 2.75) is 30.8 Å². The van der Waals surface area contributed by atoms with E-state index in [1.807, 2.05) is 35.2 Å². The number of carbonyl (C=O) groups excluding carboxylic acids is 1. The molecule has 4 nitrogen and oxygen atoms in total. The van der Waals surface area contributed by atoms with Gasteiger partial charge in [0.2, 0.25) is 5.91 Å². The number of aliphatic hydroxyl groups excluding tert-OH is 1. The van der Waals surface area contributed by atoms with Gasteiger partial charge in [-0.05, 0) is 24.8 Å². The molecular weight excluding hydrogens is 254 g/mol. The van der Waals surface area contributed by atoms with Gasteiger partial charge in [-0.2, -0.15) is 0 Å². The summed E-state index contributed by atoms with van der Waals surface area (Å²) in [6.07, 6.45) is 1.77. The van der Waals surface area contributed by atoms with Crippen LogP contribution >= 0.6 is 0 Å². The summed E-state index contributed by atoms with van der Waals surface area (Å²) < 4.78 is 5.46. The lowest BCUT2D eigenvalue weighted by molar-refractivity contribution is -0.140. The molecule has 3 rings (SSSR count). The summed E-state index contributed by atoms with van der Waals surface area (Å²) in [5, 5.41) is 9.68. The van der Waals surface area contributed by atoms with Crippen molar-refractivity contribution >= 4 is 5.91 Å². The van der Waals surface area contributed by atoms with Crippen molar-refractivity contribution in [1.29, 1.82) is 0 Å². The molecule has 2 heterocycles. The number of likely N-dealkylation sites (tertiary alicyclic amines) is 1. The lowest BCUT2D eigenvalue weighted by atomic mass is 9.73. The summed E-state index contributed by atoms with van der Waals surface area (Å²) in [5.41, 5.74) is 0.610. The van der Waals surface area contributed by atoms with E-state index >= 15 is 0 Å². The van der Waals surface area contributed by atoms with Gasteiger partial charge in [-0.3, -0.25) is 4.79 Å². The first-order chi connectivity index (χ1) is 9.72. The van der Waals surface area contributed by atoms with Crippen LogP contribution in [-0.4, -0.2) is 48.3 Å². The number of rotatable bonds is 2. The maximum atomic E-state index is 13.0. The van der Waals surface area contributed by atoms with Gasteiger partial charge >= 0.3 is 0 Å². The van der Waals surface area contributed by atoms with Crippen LogP contribution in [0.25, 0.3) is 0 Å². The van der Waals surface area contributed by atoms with Crippen LogP contribution in [0.1, 0.15) is 24.8 Å². The molecule has 0 radical (unpaired) electrons. The van der Waals surface area contributed by atoms with E-state index in [0.29, 0.717) is 32.7 Å². The second kappa shape index (κ2) is 5.54. The topological polar surface area (TPSA) is 49.8 Å². The van der Waals surface area contributed by atoms with Crippen LogP contribution in [0, 0.1) is 0 Å². The van der Waals surface area contributed by atoms with Crippen LogP contribution in [-0.2, 0) is 14.9 Å². The Morgan fingerprint density at radius 1 is 1.25 bits per heavy atom. The third-order valence-corrected chi connectivity index (χ3v) is 4.53. The highest BCUT2D eigenvalue weighted by Crippen LogP contribution is 2.37. The van der Waals surface area contributed by atoms with Crippen molar-refractivity contribution in [3.63, 3.8) is 0 Å². The number of hydrogen-bond donors (Lipinski definition) is 1. The minimum atomic E-state index is -0.469. The van der Waals surface area contributed by atoms with Crippen LogP contribution < -0.4 is 0 Å². The highest BCUT2D eigenvalue weighted by Gasteiger charge is 2.45. The maximum Gasteiger partial charge on any atom is 0.233 e. The molecule has 4 heteroatoms. The summed E-state index contributed by atoms with van der Waals surface area (Å²) in [4.78, 5) is 14.9. The Hall–Kier alpha value is -1.39. The van der Waals surface area contributed by atoms with E-state index in [9.17, 15) is 9.90 Å². The van der Waals surface area contributed by atoms with Gasteiger partial charge in [0.25, 0.3) is 0 Å². The number of nitrogens with zero attached hydrogens (tertiary/aromatic N) is 1. The summed E-state index contributed by atoms with van der Waals surface area (Å²) in [7, 11) is 0. The summed E-state index contributed by atoms with van der Waals surface area (Å²) in [6, 6.07) is 10.0. The normalized spacial score (nSPS) is 25.6. The molecule has 2 aliphatic rings. The number of β-amino-alcohol motifs (C(OH)–C–C–N with tert-alkyl or cyclic N) is 1. The van der Waals surface area contributed by atoms with Gasteiger partial charge in [0.1, 0.15) is 0 Å². The Bertz CT molecular complexity index is 468. The molecular formula is C16H21NO3. The number of amides is 1. The molecule has 0 aliphatic carbocycles. The zero-order chi connectivity index (χ0) is 14.0. The Morgan fingerprint density at radius 3 is 2.55 bits per heavy atom. The first kappa shape index (κ1) is 13.6. The first-order valence-corrected chi connectivity index (χ1v) is 7.33. The van der Waals surface area contributed by atoms with Crippen molar-refractivity contribution in [2.75, 3.05) is 26.3 Å². The van der Waals surface area contributed by atoms with E-state index in [1.165, 1.54) is 0 Å². The van der Waals surface area contributed by atoms with E-state index in [1.54, 1.807) is 0 Å². The van der Waals surface area contributed by atoms with Gasteiger partial charge in [0.05, 0.1) is 11.5 Å². The molecule has 1 atom stereocenters. The predicted octanol–water partition coefficient (Wildman–Crippen LogP) is 1.33. The quantitative estimate of drug-likeness (QED) is 0.886. The highest BCUT2D eigenvalue weighted by atomic mass is 16.5. The second-order valence-electron chi connectivity index (χ2n) is 5.75. The third-order valence-electron chi connectivity index (χ3n) is 4.53. The van der Waals surface area contributed by atoms with Gasteiger partial charge in [0, 0.05) is 26.3 Å². The largest absolute Gasteiger partial charge is 0.391 e. The number of hydrogen-bond acceptors (Lipinski definition) is 3. The Morgan fingerprint density at radius 2 is 1.95 bits per heavy atom. The zero-order valence-electron chi connectivity index (χ0n) is 11.6. The van der Waals surface area contributed by atoms with Gasteiger partial charge in [-0.25, -0.2) is 0 Å². The van der Waals surface area contributed by atoms with Gasteiger partial charge in [-0.15, -0.1) is 0 Å². The lowest BCUT2D eigenvalue weighted by Gasteiger charge is -2.39. The van der Waals surface area contributed by atoms with Crippen molar-refractivity contribution < 1.29 is 14.6 Å². The molecule has 1 aromatic carbocycles. The third kappa shape index (κ3) is 2.34. The number of aliphatic hydroxyl groups is 1. The fraction of sp³-hybridized carbons (Fsp3) is 0.562. The van der Waals surface area contributed by atoms with Gasteiger partial charge in [-0.1, -0.05) is 30.3 Å². The smallest absolute Gasteiger partial charge is 0.233 e. The molecule has 2 aliphatic heterocycles. The molecule has 2 saturated heterocycles. The van der Waals surface area contributed by atoms with Crippen molar-refractivity contribution in [1.82, 2.24) is 4.90 Å². The fourth-order valence-electron chi connectivity index (χ4n) is 3.33. The highest BCUT2D eigenvalue weighted by molar-refractivity contribution is 5.88. The monoisotopic (exact) mass is 275 g/mol. The number of carbonyl (C=O) groups is 1. The van der Waals surface area contributed by atoms with Crippen LogP contribution in [0.5, 0.6) is 0 Å². The van der Waals surface area contributed by atoms with Crippen LogP contribution in [0.15, 0.2) is 30.3 Å². The summed E-state index contributed by atoms with van der Waals surface area (Å²) in [5.74, 6) is 0.156.